The number of hydrogen-bond acceptors (Lipinski definition) is 3. The fraction of sp³-hybridized carbons (Fsp3) is 0.667. The molecule has 0 saturated heterocycles. The Morgan fingerprint density at radius 1 is 1.56 bits per heavy atom. The normalized spacial score (nSPS) is 12.7. The first kappa shape index (κ1) is 12.7. The second kappa shape index (κ2) is 6.29. The van der Waals surface area contributed by atoms with Crippen molar-refractivity contribution >= 4 is 0 Å². The first-order valence-corrected chi connectivity index (χ1v) is 5.80. The molecule has 1 aromatic rings. The van der Waals surface area contributed by atoms with Gasteiger partial charge < -0.3 is 5.32 Å². The maximum atomic E-state index is 8.64. The molecule has 1 rings (SSSR count). The zero-order valence-corrected chi connectivity index (χ0v) is 10.3. The highest BCUT2D eigenvalue weighted by Crippen LogP contribution is 2.06. The zero-order valence-electron chi connectivity index (χ0n) is 10.3. The van der Waals surface area contributed by atoms with Crippen molar-refractivity contribution in [1.82, 2.24) is 15.1 Å². The van der Waals surface area contributed by atoms with Gasteiger partial charge in [0.05, 0.1) is 18.7 Å². The molecule has 0 saturated carbocycles. The summed E-state index contributed by atoms with van der Waals surface area (Å²) in [6.45, 7) is 7.09. The van der Waals surface area contributed by atoms with Crippen LogP contribution in [0, 0.1) is 11.3 Å². The Kier molecular flexibility index (Phi) is 5.00. The van der Waals surface area contributed by atoms with Crippen LogP contribution in [0.1, 0.15) is 45.2 Å². The van der Waals surface area contributed by atoms with Crippen molar-refractivity contribution in [3.63, 3.8) is 0 Å². The largest absolute Gasteiger partial charge is 0.309 e. The fourth-order valence-corrected chi connectivity index (χ4v) is 1.48. The van der Waals surface area contributed by atoms with Crippen molar-refractivity contribution in [1.29, 1.82) is 5.26 Å². The molecule has 1 atom stereocenters. The molecular formula is C12H20N4. The van der Waals surface area contributed by atoms with Crippen molar-refractivity contribution in [2.45, 2.75) is 52.2 Å². The zero-order chi connectivity index (χ0) is 12.0. The molecule has 0 aromatic carbocycles. The van der Waals surface area contributed by atoms with Crippen molar-refractivity contribution in [2.24, 2.45) is 0 Å². The summed E-state index contributed by atoms with van der Waals surface area (Å²) < 4.78 is 1.95. The van der Waals surface area contributed by atoms with E-state index in [9.17, 15) is 0 Å². The summed E-state index contributed by atoms with van der Waals surface area (Å²) in [5.41, 5.74) is 1.17. The summed E-state index contributed by atoms with van der Waals surface area (Å²) in [5, 5.41) is 16.3. The lowest BCUT2D eigenvalue weighted by Gasteiger charge is -2.12. The van der Waals surface area contributed by atoms with Crippen LogP contribution >= 0.6 is 0 Å². The molecule has 4 nitrogen and oxygen atoms in total. The monoisotopic (exact) mass is 220 g/mol. The number of aromatic nitrogens is 2. The van der Waals surface area contributed by atoms with Gasteiger partial charge in [0.25, 0.3) is 0 Å². The first-order valence-electron chi connectivity index (χ1n) is 5.80. The van der Waals surface area contributed by atoms with E-state index in [1.54, 1.807) is 0 Å². The lowest BCUT2D eigenvalue weighted by atomic mass is 10.1. The number of nitrogens with one attached hydrogen (secondary N) is 1. The molecule has 16 heavy (non-hydrogen) atoms. The minimum atomic E-state index is 0.285. The highest BCUT2D eigenvalue weighted by atomic mass is 15.3. The van der Waals surface area contributed by atoms with E-state index < -0.39 is 0 Å². The number of nitrogens with zero attached hydrogens (tertiary/aromatic N) is 3. The summed E-state index contributed by atoms with van der Waals surface area (Å²) in [6.07, 6.45) is 5.48. The van der Waals surface area contributed by atoms with Gasteiger partial charge in [0.2, 0.25) is 0 Å². The molecule has 1 N–H and O–H groups in total. The smallest absolute Gasteiger partial charge is 0.0638 e. The van der Waals surface area contributed by atoms with Crippen LogP contribution in [-0.2, 0) is 6.54 Å². The third-order valence-corrected chi connectivity index (χ3v) is 2.61. The molecule has 0 amide bonds. The summed E-state index contributed by atoms with van der Waals surface area (Å²) in [4.78, 5) is 0. The minimum Gasteiger partial charge on any atom is -0.309 e. The Balaban J connectivity index is 2.44. The molecule has 4 heteroatoms. The van der Waals surface area contributed by atoms with Crippen LogP contribution in [0.2, 0.25) is 0 Å². The molecule has 0 aliphatic rings. The second-order valence-corrected chi connectivity index (χ2v) is 4.27. The maximum Gasteiger partial charge on any atom is 0.0638 e. The third kappa shape index (κ3) is 3.67. The number of nitriles is 1. The Labute approximate surface area is 97.3 Å². The van der Waals surface area contributed by atoms with E-state index in [1.165, 1.54) is 5.56 Å². The lowest BCUT2D eigenvalue weighted by molar-refractivity contribution is 0.503. The van der Waals surface area contributed by atoms with Gasteiger partial charge >= 0.3 is 0 Å². The highest BCUT2D eigenvalue weighted by molar-refractivity contribution is 5.04. The van der Waals surface area contributed by atoms with E-state index in [1.807, 2.05) is 10.9 Å². The second-order valence-electron chi connectivity index (χ2n) is 4.27. The van der Waals surface area contributed by atoms with Crippen molar-refractivity contribution in [3.05, 3.63) is 18.0 Å². The quantitative estimate of drug-likeness (QED) is 0.800. The minimum absolute atomic E-state index is 0.285. The molecule has 0 bridgehead atoms. The number of rotatable bonds is 6. The lowest BCUT2D eigenvalue weighted by Crippen LogP contribution is -2.27. The van der Waals surface area contributed by atoms with Crippen molar-refractivity contribution in [3.8, 4) is 6.07 Å². The molecule has 0 spiro atoms. The average Bonchev–Trinajstić information content (AvgIpc) is 2.73. The summed E-state index contributed by atoms with van der Waals surface area (Å²) in [5.74, 6) is 0. The molecule has 1 heterocycles. The van der Waals surface area contributed by atoms with Gasteiger partial charge in [-0.05, 0) is 20.3 Å². The molecule has 1 aromatic heterocycles. The standard InChI is InChI=1S/C12H20N4/c1-4-12(5-6-13)14-7-11-8-15-16(9-11)10(2)3/h8-10,12,14H,4-5,7H2,1-3H3. The predicted octanol–water partition coefficient (Wildman–Crippen LogP) is 2.25. The van der Waals surface area contributed by atoms with Gasteiger partial charge in [-0.15, -0.1) is 0 Å². The summed E-state index contributed by atoms with van der Waals surface area (Å²) in [7, 11) is 0. The van der Waals surface area contributed by atoms with Crippen LogP contribution < -0.4 is 5.32 Å². The van der Waals surface area contributed by atoms with Gasteiger partial charge in [0.15, 0.2) is 0 Å². The van der Waals surface area contributed by atoms with E-state index in [-0.39, 0.29) is 6.04 Å². The Morgan fingerprint density at radius 3 is 2.81 bits per heavy atom. The SMILES string of the molecule is CCC(CC#N)NCc1cnn(C(C)C)c1. The van der Waals surface area contributed by atoms with Crippen LogP contribution in [-0.4, -0.2) is 15.8 Å². The molecule has 1 unspecified atom stereocenters. The van der Waals surface area contributed by atoms with E-state index >= 15 is 0 Å². The van der Waals surface area contributed by atoms with E-state index in [0.29, 0.717) is 12.5 Å². The van der Waals surface area contributed by atoms with Gasteiger partial charge in [-0.25, -0.2) is 0 Å². The Bertz CT molecular complexity index is 348. The van der Waals surface area contributed by atoms with E-state index in [2.05, 4.69) is 43.5 Å². The molecule has 88 valence electrons. The van der Waals surface area contributed by atoms with Crippen LogP contribution in [0.25, 0.3) is 0 Å². The summed E-state index contributed by atoms with van der Waals surface area (Å²) in [6, 6.07) is 2.88. The third-order valence-electron chi connectivity index (χ3n) is 2.61. The van der Waals surface area contributed by atoms with Gasteiger partial charge in [0.1, 0.15) is 0 Å². The Hall–Kier alpha value is -1.34. The van der Waals surface area contributed by atoms with Crippen LogP contribution in [0.3, 0.4) is 0 Å². The number of hydrogen-bond donors (Lipinski definition) is 1. The van der Waals surface area contributed by atoms with E-state index in [0.717, 1.165) is 13.0 Å². The van der Waals surface area contributed by atoms with Gasteiger partial charge in [-0.2, -0.15) is 10.4 Å². The fourth-order valence-electron chi connectivity index (χ4n) is 1.48. The molecule has 0 aliphatic heterocycles. The summed E-state index contributed by atoms with van der Waals surface area (Å²) >= 11 is 0. The van der Waals surface area contributed by atoms with E-state index in [4.69, 9.17) is 5.26 Å². The maximum absolute atomic E-state index is 8.64. The predicted molar refractivity (Wildman–Crippen MR) is 63.8 cm³/mol. The van der Waals surface area contributed by atoms with Gasteiger partial charge in [-0.1, -0.05) is 6.92 Å². The average molecular weight is 220 g/mol. The Morgan fingerprint density at radius 2 is 2.31 bits per heavy atom. The molecule has 0 fully saturated rings. The van der Waals surface area contributed by atoms with Crippen molar-refractivity contribution < 1.29 is 0 Å². The van der Waals surface area contributed by atoms with Crippen LogP contribution in [0.4, 0.5) is 0 Å². The van der Waals surface area contributed by atoms with Crippen LogP contribution in [0.15, 0.2) is 12.4 Å². The molecule has 0 aliphatic carbocycles. The first-order chi connectivity index (χ1) is 7.67. The highest BCUT2D eigenvalue weighted by Gasteiger charge is 2.06. The van der Waals surface area contributed by atoms with Crippen molar-refractivity contribution in [2.75, 3.05) is 0 Å². The van der Waals surface area contributed by atoms with Gasteiger partial charge in [-0.3, -0.25) is 4.68 Å². The van der Waals surface area contributed by atoms with Gasteiger partial charge in [0, 0.05) is 30.4 Å². The molecule has 0 radical (unpaired) electrons. The topological polar surface area (TPSA) is 53.6 Å². The van der Waals surface area contributed by atoms with Crippen LogP contribution in [0.5, 0.6) is 0 Å². The molecular weight excluding hydrogens is 200 g/mol.